The summed E-state index contributed by atoms with van der Waals surface area (Å²) < 4.78 is 40.3. The minimum absolute atomic E-state index is 0.161. The number of rotatable bonds is 4. The zero-order valence-corrected chi connectivity index (χ0v) is 12.7. The van der Waals surface area contributed by atoms with Crippen LogP contribution in [-0.2, 0) is 10.0 Å². The largest absolute Gasteiger partial charge is 0.357 e. The van der Waals surface area contributed by atoms with Crippen LogP contribution in [0.4, 0.5) is 16.0 Å². The van der Waals surface area contributed by atoms with Crippen LogP contribution >= 0.6 is 15.9 Å². The normalized spacial score (nSPS) is 11.2. The summed E-state index contributed by atoms with van der Waals surface area (Å²) >= 11 is 3.09. The first-order valence-corrected chi connectivity index (χ1v) is 7.68. The molecular weight excluding hydrogens is 351 g/mol. The molecule has 0 bridgehead atoms. The number of hydrogen-bond donors (Lipinski definition) is 2. The fraction of sp³-hybridized carbons (Fsp3) is 0.0909. The maximum absolute atomic E-state index is 13.6. The average molecular weight is 361 g/mol. The van der Waals surface area contributed by atoms with Gasteiger partial charge < -0.3 is 5.32 Å². The SMILES string of the molecule is CNc1ncc(S(=O)(=O)Nc2c(F)cccc2Br)cn1. The van der Waals surface area contributed by atoms with Crippen LogP contribution in [0, 0.1) is 5.82 Å². The van der Waals surface area contributed by atoms with Crippen molar-refractivity contribution in [3.05, 3.63) is 40.9 Å². The molecule has 20 heavy (non-hydrogen) atoms. The van der Waals surface area contributed by atoms with E-state index in [1.807, 2.05) is 0 Å². The van der Waals surface area contributed by atoms with Crippen molar-refractivity contribution in [3.8, 4) is 0 Å². The smallest absolute Gasteiger partial charge is 0.265 e. The summed E-state index contributed by atoms with van der Waals surface area (Å²) in [5, 5.41) is 2.67. The number of halogens is 2. The molecule has 2 aromatic rings. The summed E-state index contributed by atoms with van der Waals surface area (Å²) in [7, 11) is -2.35. The van der Waals surface area contributed by atoms with E-state index >= 15 is 0 Å². The number of benzene rings is 1. The van der Waals surface area contributed by atoms with Crippen LogP contribution in [0.25, 0.3) is 0 Å². The molecule has 6 nitrogen and oxygen atoms in total. The van der Waals surface area contributed by atoms with E-state index in [-0.39, 0.29) is 16.5 Å². The van der Waals surface area contributed by atoms with Crippen LogP contribution < -0.4 is 10.0 Å². The zero-order valence-electron chi connectivity index (χ0n) is 10.3. The Balaban J connectivity index is 2.35. The molecule has 0 fully saturated rings. The van der Waals surface area contributed by atoms with Crippen LogP contribution in [0.5, 0.6) is 0 Å². The molecule has 9 heteroatoms. The van der Waals surface area contributed by atoms with Gasteiger partial charge in [-0.1, -0.05) is 6.07 Å². The third-order valence-corrected chi connectivity index (χ3v) is 4.33. The lowest BCUT2D eigenvalue weighted by atomic mass is 10.3. The number of hydrogen-bond acceptors (Lipinski definition) is 5. The molecule has 2 N–H and O–H groups in total. The van der Waals surface area contributed by atoms with Crippen molar-refractivity contribution in [2.45, 2.75) is 4.90 Å². The van der Waals surface area contributed by atoms with Crippen molar-refractivity contribution in [1.29, 1.82) is 0 Å². The fourth-order valence-corrected chi connectivity index (χ4v) is 2.92. The van der Waals surface area contributed by atoms with Crippen LogP contribution in [-0.4, -0.2) is 25.4 Å². The Bertz CT molecular complexity index is 701. The van der Waals surface area contributed by atoms with Gasteiger partial charge in [0.2, 0.25) is 5.95 Å². The molecule has 0 radical (unpaired) electrons. The van der Waals surface area contributed by atoms with Gasteiger partial charge in [0.1, 0.15) is 10.7 Å². The molecule has 1 aromatic heterocycles. The summed E-state index contributed by atoms with van der Waals surface area (Å²) in [4.78, 5) is 7.45. The van der Waals surface area contributed by atoms with Crippen molar-refractivity contribution in [2.75, 3.05) is 17.1 Å². The first kappa shape index (κ1) is 14.7. The molecule has 1 heterocycles. The van der Waals surface area contributed by atoms with E-state index in [2.05, 4.69) is 35.9 Å². The molecule has 0 spiro atoms. The number of aromatic nitrogens is 2. The van der Waals surface area contributed by atoms with Crippen LogP contribution in [0.2, 0.25) is 0 Å². The van der Waals surface area contributed by atoms with Gasteiger partial charge in [-0.2, -0.15) is 0 Å². The zero-order chi connectivity index (χ0) is 14.8. The van der Waals surface area contributed by atoms with Crippen molar-refractivity contribution in [3.63, 3.8) is 0 Å². The second-order valence-electron chi connectivity index (χ2n) is 3.69. The highest BCUT2D eigenvalue weighted by Crippen LogP contribution is 2.27. The minimum Gasteiger partial charge on any atom is -0.357 e. The highest BCUT2D eigenvalue weighted by molar-refractivity contribution is 9.10. The molecule has 1 aromatic carbocycles. The van der Waals surface area contributed by atoms with Crippen molar-refractivity contribution < 1.29 is 12.8 Å². The lowest BCUT2D eigenvalue weighted by Crippen LogP contribution is -2.15. The Hall–Kier alpha value is -1.74. The molecule has 0 aliphatic carbocycles. The maximum Gasteiger partial charge on any atom is 0.265 e. The van der Waals surface area contributed by atoms with Crippen LogP contribution in [0.15, 0.2) is 40.0 Å². The Labute approximate surface area is 123 Å². The third-order valence-electron chi connectivity index (χ3n) is 2.36. The summed E-state index contributed by atoms with van der Waals surface area (Å²) in [5.74, 6) is -0.397. The van der Waals surface area contributed by atoms with Gasteiger partial charge in [0, 0.05) is 11.5 Å². The fourth-order valence-electron chi connectivity index (χ4n) is 1.37. The lowest BCUT2D eigenvalue weighted by molar-refractivity contribution is 0.597. The number of para-hydroxylation sites is 1. The molecule has 0 amide bonds. The van der Waals surface area contributed by atoms with Gasteiger partial charge in [-0.25, -0.2) is 22.8 Å². The van der Waals surface area contributed by atoms with E-state index in [1.54, 1.807) is 7.05 Å². The standard InChI is InChI=1S/C11H10BrFN4O2S/c1-14-11-15-5-7(6-16-11)20(18,19)17-10-8(12)3-2-4-9(10)13/h2-6,17H,1H3,(H,14,15,16). The Morgan fingerprint density at radius 1 is 1.25 bits per heavy atom. The van der Waals surface area contributed by atoms with Crippen LogP contribution in [0.1, 0.15) is 0 Å². The van der Waals surface area contributed by atoms with E-state index in [0.29, 0.717) is 4.47 Å². The van der Waals surface area contributed by atoms with Gasteiger partial charge in [0.25, 0.3) is 10.0 Å². The first-order valence-electron chi connectivity index (χ1n) is 5.40. The number of sulfonamides is 1. The van der Waals surface area contributed by atoms with Gasteiger partial charge in [0.15, 0.2) is 0 Å². The third kappa shape index (κ3) is 3.05. The van der Waals surface area contributed by atoms with E-state index in [0.717, 1.165) is 18.5 Å². The van der Waals surface area contributed by atoms with Crippen molar-refractivity contribution >= 4 is 37.6 Å². The van der Waals surface area contributed by atoms with Gasteiger partial charge >= 0.3 is 0 Å². The number of nitrogens with zero attached hydrogens (tertiary/aromatic N) is 2. The van der Waals surface area contributed by atoms with Crippen molar-refractivity contribution in [2.24, 2.45) is 0 Å². The first-order chi connectivity index (χ1) is 9.44. The molecular formula is C11H10BrFN4O2S. The summed E-state index contributed by atoms with van der Waals surface area (Å²) in [6.07, 6.45) is 2.27. The summed E-state index contributed by atoms with van der Waals surface area (Å²) in [5.41, 5.74) is -0.162. The highest BCUT2D eigenvalue weighted by atomic mass is 79.9. The summed E-state index contributed by atoms with van der Waals surface area (Å²) in [6.45, 7) is 0. The Kier molecular flexibility index (Phi) is 4.19. The Morgan fingerprint density at radius 3 is 2.45 bits per heavy atom. The topological polar surface area (TPSA) is 84.0 Å². The second-order valence-corrected chi connectivity index (χ2v) is 6.23. The summed E-state index contributed by atoms with van der Waals surface area (Å²) in [6, 6.07) is 4.15. The van der Waals surface area contributed by atoms with E-state index in [9.17, 15) is 12.8 Å². The molecule has 0 saturated carbocycles. The monoisotopic (exact) mass is 360 g/mol. The predicted molar refractivity (Wildman–Crippen MR) is 76.5 cm³/mol. The molecule has 0 aliphatic rings. The quantitative estimate of drug-likeness (QED) is 0.873. The van der Waals surface area contributed by atoms with Gasteiger partial charge in [-0.15, -0.1) is 0 Å². The maximum atomic E-state index is 13.6. The van der Waals surface area contributed by atoms with E-state index < -0.39 is 15.8 Å². The van der Waals surface area contributed by atoms with Gasteiger partial charge in [-0.3, -0.25) is 4.72 Å². The molecule has 106 valence electrons. The van der Waals surface area contributed by atoms with Gasteiger partial charge in [-0.05, 0) is 28.1 Å². The molecule has 0 atom stereocenters. The van der Waals surface area contributed by atoms with E-state index in [4.69, 9.17) is 0 Å². The second kappa shape index (κ2) is 5.71. The van der Waals surface area contributed by atoms with Gasteiger partial charge in [0.05, 0.1) is 18.1 Å². The molecule has 0 unspecified atom stereocenters. The number of anilines is 2. The molecule has 2 rings (SSSR count). The van der Waals surface area contributed by atoms with E-state index in [1.165, 1.54) is 12.1 Å². The highest BCUT2D eigenvalue weighted by Gasteiger charge is 2.19. The number of nitrogens with one attached hydrogen (secondary N) is 2. The Morgan fingerprint density at radius 2 is 1.90 bits per heavy atom. The van der Waals surface area contributed by atoms with Crippen LogP contribution in [0.3, 0.4) is 0 Å². The predicted octanol–water partition coefficient (Wildman–Crippen LogP) is 2.22. The molecule has 0 aliphatic heterocycles. The average Bonchev–Trinajstić information content (AvgIpc) is 2.43. The molecule has 0 saturated heterocycles. The lowest BCUT2D eigenvalue weighted by Gasteiger charge is -2.10. The minimum atomic E-state index is -3.96. The van der Waals surface area contributed by atoms with Crippen molar-refractivity contribution in [1.82, 2.24) is 9.97 Å².